The highest BCUT2D eigenvalue weighted by Gasteiger charge is 2.56. The van der Waals surface area contributed by atoms with Gasteiger partial charge in [0.25, 0.3) is 0 Å². The third kappa shape index (κ3) is 3.73. The van der Waals surface area contributed by atoms with E-state index >= 15 is 0 Å². The van der Waals surface area contributed by atoms with Crippen molar-refractivity contribution in [3.05, 3.63) is 48.4 Å². The summed E-state index contributed by atoms with van der Waals surface area (Å²) >= 11 is 0. The van der Waals surface area contributed by atoms with Crippen LogP contribution < -0.4 is 15.5 Å². The third-order valence-electron chi connectivity index (χ3n) is 7.76. The van der Waals surface area contributed by atoms with Crippen molar-refractivity contribution in [1.82, 2.24) is 25.1 Å². The molecule has 2 N–H and O–H groups in total. The van der Waals surface area contributed by atoms with Crippen LogP contribution in [0.3, 0.4) is 0 Å². The highest BCUT2D eigenvalue weighted by atomic mass is 16.2. The van der Waals surface area contributed by atoms with Gasteiger partial charge < -0.3 is 10.6 Å². The fraction of sp³-hybridized carbons (Fsp3) is 0.444. The number of amides is 2. The number of carbonyl (C=O) groups is 2. The van der Waals surface area contributed by atoms with Gasteiger partial charge in [-0.05, 0) is 50.8 Å². The highest BCUT2D eigenvalue weighted by molar-refractivity contribution is 6.14. The Labute approximate surface area is 210 Å². The zero-order valence-corrected chi connectivity index (χ0v) is 20.7. The molecular formula is C27H31N7O2. The summed E-state index contributed by atoms with van der Waals surface area (Å²) in [6.45, 7) is 4.74. The second-order valence-electron chi connectivity index (χ2n) is 10.4. The molecule has 36 heavy (non-hydrogen) atoms. The van der Waals surface area contributed by atoms with Crippen molar-refractivity contribution in [2.75, 3.05) is 16.8 Å². The molecule has 2 fully saturated rings. The molecule has 1 saturated heterocycles. The number of hydrogen-bond donors (Lipinski definition) is 2. The van der Waals surface area contributed by atoms with Crippen molar-refractivity contribution in [2.24, 2.45) is 5.41 Å². The molecule has 1 saturated carbocycles. The van der Waals surface area contributed by atoms with Crippen LogP contribution in [0.15, 0.2) is 42.9 Å². The molecule has 1 atom stereocenters. The zero-order chi connectivity index (χ0) is 24.9. The molecular weight excluding hydrogens is 454 g/mol. The minimum absolute atomic E-state index is 0.0793. The number of carbonyl (C=O) groups excluding carboxylic acids is 2. The van der Waals surface area contributed by atoms with Crippen molar-refractivity contribution >= 4 is 29.3 Å². The standard InChI is InChI=1S/C27H31N7O2/c1-17(2)33-16-20(15-30-33)18-7-9-21(10-8-18)31-26-29-14-19-13-27(11-12-28-24(27)35)25(36)34(23(19)32-26)22-5-3-4-6-22/h7-10,14-17,22H,3-6,11-13H2,1-2H3,(H,28,35)(H,29,31,32)/t27-/m1/s1. The fourth-order valence-corrected chi connectivity index (χ4v) is 5.71. The van der Waals surface area contributed by atoms with E-state index in [1.807, 2.05) is 46.2 Å². The van der Waals surface area contributed by atoms with Crippen LogP contribution in [-0.2, 0) is 16.0 Å². The van der Waals surface area contributed by atoms with E-state index in [4.69, 9.17) is 4.98 Å². The van der Waals surface area contributed by atoms with Gasteiger partial charge in [0.15, 0.2) is 0 Å². The quantitative estimate of drug-likeness (QED) is 0.529. The molecule has 1 aliphatic carbocycles. The first kappa shape index (κ1) is 22.7. The number of rotatable bonds is 5. The van der Waals surface area contributed by atoms with Crippen LogP contribution in [0.1, 0.15) is 57.6 Å². The van der Waals surface area contributed by atoms with E-state index in [9.17, 15) is 9.59 Å². The van der Waals surface area contributed by atoms with Gasteiger partial charge in [0.1, 0.15) is 11.2 Å². The van der Waals surface area contributed by atoms with E-state index in [0.717, 1.165) is 48.1 Å². The molecule has 1 aromatic carbocycles. The summed E-state index contributed by atoms with van der Waals surface area (Å²) < 4.78 is 1.94. The molecule has 0 bridgehead atoms. The maximum atomic E-state index is 13.8. The Morgan fingerprint density at radius 1 is 1.08 bits per heavy atom. The average molecular weight is 486 g/mol. The van der Waals surface area contributed by atoms with E-state index in [2.05, 4.69) is 34.6 Å². The van der Waals surface area contributed by atoms with Crippen LogP contribution >= 0.6 is 0 Å². The van der Waals surface area contributed by atoms with Gasteiger partial charge in [0.2, 0.25) is 17.8 Å². The predicted molar refractivity (Wildman–Crippen MR) is 137 cm³/mol. The number of aromatic nitrogens is 4. The van der Waals surface area contributed by atoms with Gasteiger partial charge >= 0.3 is 0 Å². The van der Waals surface area contributed by atoms with E-state index in [1.165, 1.54) is 0 Å². The van der Waals surface area contributed by atoms with Crippen LogP contribution in [0.2, 0.25) is 0 Å². The third-order valence-corrected chi connectivity index (χ3v) is 7.76. The summed E-state index contributed by atoms with van der Waals surface area (Å²) in [6.07, 6.45) is 10.6. The summed E-state index contributed by atoms with van der Waals surface area (Å²) in [7, 11) is 0. The van der Waals surface area contributed by atoms with Crippen LogP contribution in [-0.4, -0.2) is 44.1 Å². The number of fused-ring (bicyclic) bond motifs is 1. The number of benzene rings is 1. The van der Waals surface area contributed by atoms with Crippen molar-refractivity contribution in [3.63, 3.8) is 0 Å². The number of nitrogens with zero attached hydrogens (tertiary/aromatic N) is 5. The van der Waals surface area contributed by atoms with E-state index in [0.29, 0.717) is 37.2 Å². The molecule has 0 radical (unpaired) electrons. The average Bonchev–Trinajstić information content (AvgIpc) is 3.64. The molecule has 2 amide bonds. The first-order valence-corrected chi connectivity index (χ1v) is 12.8. The first-order valence-electron chi connectivity index (χ1n) is 12.8. The molecule has 6 rings (SSSR count). The van der Waals surface area contributed by atoms with Gasteiger partial charge in [0.05, 0.1) is 6.20 Å². The van der Waals surface area contributed by atoms with E-state index in [1.54, 1.807) is 6.20 Å². The normalized spacial score (nSPS) is 21.9. The maximum absolute atomic E-state index is 13.8. The Bertz CT molecular complexity index is 1310. The van der Waals surface area contributed by atoms with Gasteiger partial charge in [-0.15, -0.1) is 0 Å². The lowest BCUT2D eigenvalue weighted by Crippen LogP contribution is -2.56. The van der Waals surface area contributed by atoms with Gasteiger partial charge in [-0.3, -0.25) is 19.2 Å². The first-order chi connectivity index (χ1) is 17.4. The predicted octanol–water partition coefficient (Wildman–Crippen LogP) is 4.00. The monoisotopic (exact) mass is 485 g/mol. The zero-order valence-electron chi connectivity index (χ0n) is 20.7. The summed E-state index contributed by atoms with van der Waals surface area (Å²) in [6, 6.07) is 8.45. The van der Waals surface area contributed by atoms with E-state index in [-0.39, 0.29) is 17.9 Å². The molecule has 3 aromatic rings. The number of nitrogens with one attached hydrogen (secondary N) is 2. The Balaban J connectivity index is 1.28. The Morgan fingerprint density at radius 3 is 2.53 bits per heavy atom. The van der Waals surface area contributed by atoms with Gasteiger partial charge in [-0.1, -0.05) is 25.0 Å². The lowest BCUT2D eigenvalue weighted by molar-refractivity contribution is -0.140. The fourth-order valence-electron chi connectivity index (χ4n) is 5.71. The van der Waals surface area contributed by atoms with Crippen molar-refractivity contribution in [2.45, 2.75) is 64.5 Å². The molecule has 3 aliphatic rings. The molecule has 0 unspecified atom stereocenters. The van der Waals surface area contributed by atoms with Crippen molar-refractivity contribution in [3.8, 4) is 11.1 Å². The molecule has 2 aromatic heterocycles. The Morgan fingerprint density at radius 2 is 1.86 bits per heavy atom. The Hall–Kier alpha value is -3.75. The van der Waals surface area contributed by atoms with Crippen molar-refractivity contribution in [1.29, 1.82) is 0 Å². The second-order valence-corrected chi connectivity index (χ2v) is 10.4. The minimum Gasteiger partial charge on any atom is -0.355 e. The van der Waals surface area contributed by atoms with Crippen LogP contribution in [0.4, 0.5) is 17.5 Å². The molecule has 4 heterocycles. The molecule has 2 aliphatic heterocycles. The number of hydrogen-bond acceptors (Lipinski definition) is 6. The smallest absolute Gasteiger partial charge is 0.244 e. The largest absolute Gasteiger partial charge is 0.355 e. The SMILES string of the molecule is CC(C)n1cc(-c2ccc(Nc3ncc4c(n3)N(C3CCCC3)C(=O)[C@]3(CCNC3=O)C4)cc2)cn1. The lowest BCUT2D eigenvalue weighted by atomic mass is 9.76. The summed E-state index contributed by atoms with van der Waals surface area (Å²) in [5, 5.41) is 10.6. The van der Waals surface area contributed by atoms with Crippen LogP contribution in [0.25, 0.3) is 11.1 Å². The van der Waals surface area contributed by atoms with Crippen LogP contribution in [0.5, 0.6) is 0 Å². The molecule has 186 valence electrons. The summed E-state index contributed by atoms with van der Waals surface area (Å²) in [5.74, 6) is 0.819. The van der Waals surface area contributed by atoms with Crippen molar-refractivity contribution < 1.29 is 9.59 Å². The molecule has 9 nitrogen and oxygen atoms in total. The summed E-state index contributed by atoms with van der Waals surface area (Å²) in [4.78, 5) is 37.7. The topological polar surface area (TPSA) is 105 Å². The highest BCUT2D eigenvalue weighted by Crippen LogP contribution is 2.44. The van der Waals surface area contributed by atoms with Crippen LogP contribution in [0, 0.1) is 5.41 Å². The minimum atomic E-state index is -1.02. The van der Waals surface area contributed by atoms with Gasteiger partial charge in [-0.25, -0.2) is 4.98 Å². The maximum Gasteiger partial charge on any atom is 0.244 e. The van der Waals surface area contributed by atoms with E-state index < -0.39 is 5.41 Å². The molecule has 9 heteroatoms. The lowest BCUT2D eigenvalue weighted by Gasteiger charge is -2.40. The number of anilines is 3. The summed E-state index contributed by atoms with van der Waals surface area (Å²) in [5.41, 5.74) is 2.85. The van der Waals surface area contributed by atoms with Gasteiger partial charge in [-0.2, -0.15) is 10.1 Å². The molecule has 1 spiro atoms. The second kappa shape index (κ2) is 8.72. The Kier molecular flexibility index (Phi) is 5.50. The van der Waals surface area contributed by atoms with Gasteiger partial charge in [0, 0.05) is 54.3 Å².